The van der Waals surface area contributed by atoms with Crippen LogP contribution in [-0.2, 0) is 80.0 Å². The summed E-state index contributed by atoms with van der Waals surface area (Å²) in [5, 5.41) is 67.1. The number of nitrogens with one attached hydrogen (secondary N) is 10. The second kappa shape index (κ2) is 44.4. The topological polar surface area (TPSA) is 571 Å². The molecule has 0 saturated carbocycles. The predicted molar refractivity (Wildman–Crippen MR) is 386 cm³/mol. The molecule has 22 N–H and O–H groups in total. The van der Waals surface area contributed by atoms with E-state index in [1.54, 1.807) is 90.1 Å². The Balaban J connectivity index is 1.88. The predicted octanol–water partition coefficient (Wildman–Crippen LogP) is -2.47. The minimum atomic E-state index is -2.59. The number of alkyl carbamates (subject to hydrolysis) is 1. The number of rotatable bonds is 45. The summed E-state index contributed by atoms with van der Waals surface area (Å²) >= 11 is 0. The van der Waals surface area contributed by atoms with Gasteiger partial charge in [0, 0.05) is 25.4 Å². The molecule has 0 bridgehead atoms. The first-order valence-corrected chi connectivity index (χ1v) is 35.0. The number of aliphatic hydroxyl groups excluding tert-OH is 4. The van der Waals surface area contributed by atoms with Crippen LogP contribution in [0.1, 0.15) is 137 Å². The van der Waals surface area contributed by atoms with Gasteiger partial charge in [-0.25, -0.2) is 9.59 Å². The smallest absolute Gasteiger partial charge is 0.408 e. The Bertz CT molecular complexity index is 3440. The molecule has 35 heteroatoms. The van der Waals surface area contributed by atoms with Crippen molar-refractivity contribution >= 4 is 83.0 Å². The molecule has 0 aliphatic rings. The van der Waals surface area contributed by atoms with Crippen molar-refractivity contribution in [2.75, 3.05) is 19.7 Å². The average molecular weight is 1490 g/mol. The van der Waals surface area contributed by atoms with Gasteiger partial charge in [0.1, 0.15) is 54.9 Å². The zero-order valence-corrected chi connectivity index (χ0v) is 61.8. The van der Waals surface area contributed by atoms with Gasteiger partial charge in [0.2, 0.25) is 65.0 Å². The van der Waals surface area contributed by atoms with E-state index in [1.807, 2.05) is 31.4 Å². The number of esters is 1. The highest BCUT2D eigenvalue weighted by atomic mass is 16.6. The summed E-state index contributed by atoms with van der Waals surface area (Å²) in [5.41, 5.74) is 22.8. The summed E-state index contributed by atoms with van der Waals surface area (Å²) in [6.07, 6.45) is -4.61. The third-order valence-electron chi connectivity index (χ3n) is 17.4. The Morgan fingerprint density at radius 2 is 1.12 bits per heavy atom. The number of carbonyl (C=O) groups excluding carboxylic acids is 13. The van der Waals surface area contributed by atoms with E-state index >= 15 is 0 Å². The van der Waals surface area contributed by atoms with Crippen LogP contribution in [0.5, 0.6) is 0 Å². The second-order valence-corrected chi connectivity index (χ2v) is 27.4. The summed E-state index contributed by atoms with van der Waals surface area (Å²) in [5.74, 6) is -16.1. The molecule has 586 valence electrons. The molecule has 0 aliphatic heterocycles. The Morgan fingerprint density at radius 1 is 0.575 bits per heavy atom. The second-order valence-electron chi connectivity index (χ2n) is 27.4. The molecule has 3 rings (SSSR count). The van der Waals surface area contributed by atoms with Gasteiger partial charge in [-0.2, -0.15) is 0 Å². The highest BCUT2D eigenvalue weighted by molar-refractivity contribution is 5.99. The first-order valence-electron chi connectivity index (χ1n) is 35.0. The Labute approximate surface area is 616 Å². The lowest BCUT2D eigenvalue weighted by atomic mass is 9.83. The maximum atomic E-state index is 14.6. The van der Waals surface area contributed by atoms with Crippen molar-refractivity contribution in [2.24, 2.45) is 57.0 Å². The van der Waals surface area contributed by atoms with Gasteiger partial charge in [-0.15, -0.1) is 0 Å². The maximum absolute atomic E-state index is 14.6. The number of pyridine rings is 1. The molecule has 12 amide bonds. The van der Waals surface area contributed by atoms with E-state index in [2.05, 4.69) is 52.5 Å². The summed E-state index contributed by atoms with van der Waals surface area (Å²) < 4.78 is 11.2. The first kappa shape index (κ1) is 89.8. The average Bonchev–Trinajstić information content (AvgIpc) is 0.805. The molecule has 0 radical (unpaired) electrons. The molecule has 2 aromatic carbocycles. The highest BCUT2D eigenvalue weighted by Gasteiger charge is 2.42. The Hall–Kier alpha value is -10.4. The van der Waals surface area contributed by atoms with Crippen LogP contribution in [0.3, 0.4) is 0 Å². The van der Waals surface area contributed by atoms with E-state index in [0.29, 0.717) is 17.5 Å². The van der Waals surface area contributed by atoms with Gasteiger partial charge in [0.25, 0.3) is 0 Å². The highest BCUT2D eigenvalue weighted by Crippen LogP contribution is 2.28. The van der Waals surface area contributed by atoms with Crippen LogP contribution in [0.25, 0.3) is 0 Å². The van der Waals surface area contributed by atoms with E-state index in [-0.39, 0.29) is 75.0 Å². The standard InChI is InChI=1S/C71H108N16O19/c1-12-39(7)51(85-61(96)45(27-21-29-77-69(74)75)79-62(97)46(30-37(3)4)80-60(95)40(8)55(91)38(5)6)66(101)86-52(41(9)89)65(100)78-34-50(90)84-53(56(92)59(73)94)67(102)82-49(35-88)68(103)106-57(44-25-18-15-19-26-44)54(58(72)93)87-63(98)47(31-43-24-20-28-76-33-43)81-64(99)48(32-71(10,11)13-2)83-70(104)105-36-42-22-16-14-17-23-42/h14-20,22-26,28,33,37-41,45-49,51-57,88-89,91-92H,12-13,21,27,29-32,34-36H2,1-11H3,(H2,72,93)(H2,73,94)(H,78,100)(H,79,97)(H,80,95)(H,81,99)(H,82,102)(H,83,104)(H,84,90)(H,85,96)(H,86,101)(H,87,98)(H4,74,75,77)/t39-,40-,41-,45+,46-,47-,48+,49-,51-,52-,53-,54-,55+,56-,57+/m0/s1. The SMILES string of the molecule is CC[C@H](C)[C@H](NC(=O)[C@@H](CCCN=C(N)N)NC(=O)[C@H](CC(C)C)NC(=O)[C@@H](C)[C@H](O)C(C)C)C(=O)N[C@H](C(=O)NCC(=O)N[C@H](C(=O)N[C@@H](CO)C(=O)O[C@H](c1ccccc1)[C@H](NC(=O)[C@H](Cc1cccnc1)NC(=O)[C@@H](CC(C)(C)CC)NC(=O)OCc1ccccc1)C(N)=O)[C@H](O)C(N)=O)[C@H](C)O. The number of nitrogens with two attached hydrogens (primary N) is 4. The van der Waals surface area contributed by atoms with Crippen LogP contribution in [-0.4, -0.2) is 201 Å². The lowest BCUT2D eigenvalue weighted by molar-refractivity contribution is -0.158. The van der Waals surface area contributed by atoms with Crippen molar-refractivity contribution in [3.05, 3.63) is 102 Å². The lowest BCUT2D eigenvalue weighted by Gasteiger charge is -2.31. The summed E-state index contributed by atoms with van der Waals surface area (Å²) in [6.45, 7) is 16.0. The molecular formula is C71H108N16O19. The fourth-order valence-corrected chi connectivity index (χ4v) is 10.6. The van der Waals surface area contributed by atoms with Crippen LogP contribution in [0.15, 0.2) is 90.2 Å². The molecule has 15 atom stereocenters. The summed E-state index contributed by atoms with van der Waals surface area (Å²) in [4.78, 5) is 188. The van der Waals surface area contributed by atoms with E-state index < -0.39 is 186 Å². The van der Waals surface area contributed by atoms with Gasteiger partial charge >= 0.3 is 12.1 Å². The zero-order valence-electron chi connectivity index (χ0n) is 61.8. The molecule has 3 aromatic rings. The zero-order chi connectivity index (χ0) is 79.7. The van der Waals surface area contributed by atoms with Gasteiger partial charge in [-0.3, -0.25) is 62.7 Å². The molecule has 1 aromatic heterocycles. The van der Waals surface area contributed by atoms with E-state index in [0.717, 1.165) is 6.92 Å². The number of guanidine groups is 1. The van der Waals surface area contributed by atoms with Crippen LogP contribution in [0, 0.1) is 29.1 Å². The van der Waals surface area contributed by atoms with Crippen molar-refractivity contribution in [3.63, 3.8) is 0 Å². The van der Waals surface area contributed by atoms with Crippen molar-refractivity contribution < 1.29 is 92.2 Å². The van der Waals surface area contributed by atoms with Gasteiger partial charge < -0.3 is 106 Å². The van der Waals surface area contributed by atoms with E-state index in [9.17, 15) is 82.8 Å². The van der Waals surface area contributed by atoms with Crippen LogP contribution in [0.4, 0.5) is 4.79 Å². The number of amides is 12. The molecular weight excluding hydrogens is 1380 g/mol. The molecule has 0 fully saturated rings. The monoisotopic (exact) mass is 1490 g/mol. The largest absolute Gasteiger partial charge is 0.453 e. The number of aliphatic imine (C=N–C) groups is 1. The maximum Gasteiger partial charge on any atom is 0.408 e. The Kier molecular flexibility index (Phi) is 37.6. The van der Waals surface area contributed by atoms with Crippen molar-refractivity contribution in [1.82, 2.24) is 58.2 Å². The molecule has 0 aliphatic carbocycles. The molecule has 0 saturated heterocycles. The van der Waals surface area contributed by atoms with Crippen LogP contribution < -0.4 is 76.1 Å². The number of hydrogen-bond acceptors (Lipinski definition) is 21. The summed E-state index contributed by atoms with van der Waals surface area (Å²) in [7, 11) is 0. The minimum Gasteiger partial charge on any atom is -0.453 e. The number of primary amides is 2. The number of nitrogens with zero attached hydrogens (tertiary/aromatic N) is 2. The van der Waals surface area contributed by atoms with Gasteiger partial charge in [0.05, 0.1) is 31.3 Å². The number of hydrogen-bond donors (Lipinski definition) is 18. The quantitative estimate of drug-likeness (QED) is 0.0121. The number of carbonyl (C=O) groups is 13. The van der Waals surface area contributed by atoms with Crippen LogP contribution >= 0.6 is 0 Å². The van der Waals surface area contributed by atoms with Gasteiger partial charge in [0.15, 0.2) is 24.2 Å². The fourth-order valence-electron chi connectivity index (χ4n) is 10.6. The molecule has 106 heavy (non-hydrogen) atoms. The number of benzene rings is 2. The first-order chi connectivity index (χ1) is 49.8. The number of aromatic nitrogens is 1. The molecule has 0 unspecified atom stereocenters. The van der Waals surface area contributed by atoms with Gasteiger partial charge in [-0.05, 0) is 78.5 Å². The molecule has 35 nitrogen and oxygen atoms in total. The van der Waals surface area contributed by atoms with Crippen molar-refractivity contribution in [3.8, 4) is 0 Å². The Morgan fingerprint density at radius 3 is 1.67 bits per heavy atom. The van der Waals surface area contributed by atoms with E-state index in [4.69, 9.17) is 32.4 Å². The van der Waals surface area contributed by atoms with Crippen molar-refractivity contribution in [2.45, 2.75) is 207 Å². The van der Waals surface area contributed by atoms with Gasteiger partial charge in [-0.1, -0.05) is 149 Å². The summed E-state index contributed by atoms with van der Waals surface area (Å²) in [6, 6.07) is 3.69. The lowest BCUT2D eigenvalue weighted by Crippen LogP contribution is -2.62. The van der Waals surface area contributed by atoms with Crippen molar-refractivity contribution in [1.29, 1.82) is 0 Å². The third-order valence-corrected chi connectivity index (χ3v) is 17.4. The number of aliphatic hydroxyl groups is 4. The fraction of sp³-hybridized carbons (Fsp3) is 0.563. The van der Waals surface area contributed by atoms with E-state index in [1.165, 1.54) is 43.6 Å². The van der Waals surface area contributed by atoms with Crippen LogP contribution in [0.2, 0.25) is 0 Å². The normalized spacial score (nSPS) is 15.6. The molecule has 1 heterocycles. The minimum absolute atomic E-state index is 0.00249. The third kappa shape index (κ3) is 30.4. The molecule has 0 spiro atoms. The number of ether oxygens (including phenoxy) is 2.